The molecule has 1 N–H and O–H groups in total. The Morgan fingerprint density at radius 2 is 2.07 bits per heavy atom. The van der Waals surface area contributed by atoms with Crippen molar-refractivity contribution >= 4 is 10.9 Å². The molecule has 6 heteroatoms. The van der Waals surface area contributed by atoms with Gasteiger partial charge in [0.1, 0.15) is 6.67 Å². The van der Waals surface area contributed by atoms with E-state index in [9.17, 15) is 9.50 Å². The van der Waals surface area contributed by atoms with Crippen LogP contribution in [0.2, 0.25) is 0 Å². The summed E-state index contributed by atoms with van der Waals surface area (Å²) in [5, 5.41) is 15.3. The van der Waals surface area contributed by atoms with Crippen LogP contribution in [0.15, 0.2) is 18.3 Å². The van der Waals surface area contributed by atoms with Crippen molar-refractivity contribution < 1.29 is 14.2 Å². The van der Waals surface area contributed by atoms with Gasteiger partial charge in [0.15, 0.2) is 6.23 Å². The number of hydrogen-bond acceptors (Lipinski definition) is 4. The summed E-state index contributed by atoms with van der Waals surface area (Å²) < 4.78 is 20.6. The quantitative estimate of drug-likeness (QED) is 0.868. The lowest BCUT2D eigenvalue weighted by atomic mass is 9.86. The lowest BCUT2D eigenvalue weighted by Crippen LogP contribution is -2.39. The number of aryl methyl sites for hydroxylation is 1. The smallest absolute Gasteiger partial charge is 0.150 e. The molecule has 0 bridgehead atoms. The summed E-state index contributed by atoms with van der Waals surface area (Å²) in [5.41, 5.74) is 3.87. The first-order chi connectivity index (χ1) is 13.2. The molecule has 3 heterocycles. The minimum atomic E-state index is -0.857. The average Bonchev–Trinajstić information content (AvgIpc) is 3.11. The SMILES string of the molecule is Cc1cc2cnn(C3CCCCO3)c2cc1C1CCN(CC(O)CF)CC1. The van der Waals surface area contributed by atoms with Crippen molar-refractivity contribution in [3.05, 3.63) is 29.5 Å². The second-order valence-electron chi connectivity index (χ2n) is 8.06. The van der Waals surface area contributed by atoms with Gasteiger partial charge in [-0.3, -0.25) is 0 Å². The van der Waals surface area contributed by atoms with Crippen LogP contribution < -0.4 is 0 Å². The first kappa shape index (κ1) is 18.8. The number of aliphatic hydroxyl groups is 1. The average molecular weight is 375 g/mol. The standard InChI is InChI=1S/C21H30FN3O2/c1-15-10-17-13-23-25(21-4-2-3-9-27-21)20(17)11-19(15)16-5-7-24(8-6-16)14-18(26)12-22/h10-11,13,16,18,21,26H,2-9,12,14H2,1H3. The van der Waals surface area contributed by atoms with Gasteiger partial charge in [-0.15, -0.1) is 0 Å². The minimum absolute atomic E-state index is 0.0517. The Bertz CT molecular complexity index is 764. The Morgan fingerprint density at radius 1 is 1.26 bits per heavy atom. The second-order valence-corrected chi connectivity index (χ2v) is 8.06. The largest absolute Gasteiger partial charge is 0.389 e. The van der Waals surface area contributed by atoms with E-state index in [4.69, 9.17) is 4.74 Å². The zero-order chi connectivity index (χ0) is 18.8. The number of alkyl halides is 1. The zero-order valence-corrected chi connectivity index (χ0v) is 16.1. The van der Waals surface area contributed by atoms with E-state index in [2.05, 4.69) is 33.7 Å². The van der Waals surface area contributed by atoms with Gasteiger partial charge in [0.25, 0.3) is 0 Å². The minimum Gasteiger partial charge on any atom is -0.389 e. The molecular formula is C21H30FN3O2. The van der Waals surface area contributed by atoms with Gasteiger partial charge >= 0.3 is 0 Å². The van der Waals surface area contributed by atoms with Crippen LogP contribution in [0.1, 0.15) is 55.4 Å². The maximum Gasteiger partial charge on any atom is 0.150 e. The molecular weight excluding hydrogens is 345 g/mol. The van der Waals surface area contributed by atoms with Crippen LogP contribution in [0, 0.1) is 6.92 Å². The van der Waals surface area contributed by atoms with E-state index in [1.165, 1.54) is 22.9 Å². The van der Waals surface area contributed by atoms with Gasteiger partial charge in [-0.1, -0.05) is 0 Å². The van der Waals surface area contributed by atoms with Gasteiger partial charge in [-0.2, -0.15) is 5.10 Å². The van der Waals surface area contributed by atoms with Crippen LogP contribution in [0.4, 0.5) is 4.39 Å². The third kappa shape index (κ3) is 4.03. The number of piperidine rings is 1. The predicted octanol–water partition coefficient (Wildman–Crippen LogP) is 3.55. The number of fused-ring (bicyclic) bond motifs is 1. The summed E-state index contributed by atoms with van der Waals surface area (Å²) in [5.74, 6) is 0.504. The molecule has 1 aromatic heterocycles. The fourth-order valence-corrected chi connectivity index (χ4v) is 4.58. The number of rotatable bonds is 5. The van der Waals surface area contributed by atoms with Gasteiger partial charge < -0.3 is 14.7 Å². The molecule has 0 spiro atoms. The Hall–Kier alpha value is -1.50. The van der Waals surface area contributed by atoms with E-state index in [1.807, 2.05) is 6.20 Å². The molecule has 2 saturated heterocycles. The summed E-state index contributed by atoms with van der Waals surface area (Å²) in [4.78, 5) is 2.18. The number of halogens is 1. The van der Waals surface area contributed by atoms with Crippen molar-refractivity contribution in [1.82, 2.24) is 14.7 Å². The van der Waals surface area contributed by atoms with Gasteiger partial charge in [0, 0.05) is 18.5 Å². The number of ether oxygens (including phenoxy) is 1. The number of benzene rings is 1. The van der Waals surface area contributed by atoms with Crippen LogP contribution >= 0.6 is 0 Å². The van der Waals surface area contributed by atoms with Crippen molar-refractivity contribution in [3.63, 3.8) is 0 Å². The number of aromatic nitrogens is 2. The third-order valence-corrected chi connectivity index (χ3v) is 6.09. The molecule has 2 aliphatic rings. The number of likely N-dealkylation sites (tertiary alicyclic amines) is 1. The van der Waals surface area contributed by atoms with E-state index >= 15 is 0 Å². The number of aliphatic hydroxyl groups excluding tert-OH is 1. The molecule has 1 aromatic carbocycles. The Kier molecular flexibility index (Phi) is 5.76. The first-order valence-electron chi connectivity index (χ1n) is 10.2. The summed E-state index contributed by atoms with van der Waals surface area (Å²) >= 11 is 0. The summed E-state index contributed by atoms with van der Waals surface area (Å²) in [6.45, 7) is 4.58. The number of nitrogens with zero attached hydrogens (tertiary/aromatic N) is 3. The molecule has 4 rings (SSSR count). The Balaban J connectivity index is 1.53. The van der Waals surface area contributed by atoms with E-state index in [1.54, 1.807) is 0 Å². The highest BCUT2D eigenvalue weighted by Gasteiger charge is 2.25. The highest BCUT2D eigenvalue weighted by atomic mass is 19.1. The lowest BCUT2D eigenvalue weighted by molar-refractivity contribution is -0.0366. The van der Waals surface area contributed by atoms with Crippen molar-refractivity contribution in [1.29, 1.82) is 0 Å². The highest BCUT2D eigenvalue weighted by molar-refractivity contribution is 5.80. The maximum atomic E-state index is 12.6. The predicted molar refractivity (Wildman–Crippen MR) is 104 cm³/mol. The molecule has 148 valence electrons. The van der Waals surface area contributed by atoms with Gasteiger partial charge in [-0.05, 0) is 81.3 Å². The summed E-state index contributed by atoms with van der Waals surface area (Å²) in [6.07, 6.45) is 6.57. The molecule has 27 heavy (non-hydrogen) atoms. The first-order valence-corrected chi connectivity index (χ1v) is 10.2. The van der Waals surface area contributed by atoms with E-state index in [0.717, 1.165) is 50.9 Å². The molecule has 2 unspecified atom stereocenters. The van der Waals surface area contributed by atoms with Crippen LogP contribution in [0.3, 0.4) is 0 Å². The number of β-amino-alcohol motifs (C(OH)–C–C–N with tert-alkyl or cyclic N) is 1. The van der Waals surface area contributed by atoms with Gasteiger partial charge in [0.05, 0.1) is 17.8 Å². The maximum absolute atomic E-state index is 12.6. The topological polar surface area (TPSA) is 50.5 Å². The fourth-order valence-electron chi connectivity index (χ4n) is 4.58. The highest BCUT2D eigenvalue weighted by Crippen LogP contribution is 2.34. The van der Waals surface area contributed by atoms with Crippen LogP contribution in [-0.4, -0.2) is 58.8 Å². The normalized spacial score (nSPS) is 23.7. The van der Waals surface area contributed by atoms with E-state index < -0.39 is 12.8 Å². The second kappa shape index (κ2) is 8.25. The van der Waals surface area contributed by atoms with Crippen LogP contribution in [0.5, 0.6) is 0 Å². The summed E-state index contributed by atoms with van der Waals surface area (Å²) in [7, 11) is 0. The zero-order valence-electron chi connectivity index (χ0n) is 16.1. The summed E-state index contributed by atoms with van der Waals surface area (Å²) in [6, 6.07) is 4.56. The third-order valence-electron chi connectivity index (χ3n) is 6.09. The molecule has 2 atom stereocenters. The van der Waals surface area contributed by atoms with E-state index in [-0.39, 0.29) is 6.23 Å². The molecule has 2 aliphatic heterocycles. The monoisotopic (exact) mass is 375 g/mol. The van der Waals surface area contributed by atoms with Crippen LogP contribution in [-0.2, 0) is 4.74 Å². The Labute approximate surface area is 160 Å². The Morgan fingerprint density at radius 3 is 2.78 bits per heavy atom. The van der Waals surface area contributed by atoms with Crippen LogP contribution in [0.25, 0.3) is 10.9 Å². The molecule has 0 amide bonds. The van der Waals surface area contributed by atoms with Gasteiger partial charge in [-0.25, -0.2) is 9.07 Å². The molecule has 5 nitrogen and oxygen atoms in total. The lowest BCUT2D eigenvalue weighted by Gasteiger charge is -2.33. The number of hydrogen-bond donors (Lipinski definition) is 1. The molecule has 2 aromatic rings. The molecule has 0 aliphatic carbocycles. The fraction of sp³-hybridized carbons (Fsp3) is 0.667. The van der Waals surface area contributed by atoms with Crippen molar-refractivity contribution in [2.75, 3.05) is 32.9 Å². The molecule has 0 saturated carbocycles. The molecule has 2 fully saturated rings. The van der Waals surface area contributed by atoms with Crippen molar-refractivity contribution in [3.8, 4) is 0 Å². The van der Waals surface area contributed by atoms with Crippen molar-refractivity contribution in [2.45, 2.75) is 57.3 Å². The van der Waals surface area contributed by atoms with Gasteiger partial charge in [0.2, 0.25) is 0 Å². The molecule has 0 radical (unpaired) electrons. The van der Waals surface area contributed by atoms with Crippen molar-refractivity contribution in [2.24, 2.45) is 0 Å². The van der Waals surface area contributed by atoms with E-state index in [0.29, 0.717) is 12.5 Å².